The first-order valence-electron chi connectivity index (χ1n) is 3.31. The summed E-state index contributed by atoms with van der Waals surface area (Å²) < 4.78 is 0. The van der Waals surface area contributed by atoms with Gasteiger partial charge in [0.15, 0.2) is 6.29 Å². The zero-order valence-electron chi connectivity index (χ0n) is 6.47. The van der Waals surface area contributed by atoms with E-state index in [1.165, 1.54) is 0 Å². The summed E-state index contributed by atoms with van der Waals surface area (Å²) in [4.78, 5) is 13.8. The molecule has 1 heterocycles. The average molecular weight is 180 g/mol. The van der Waals surface area contributed by atoms with Crippen molar-refractivity contribution in [3.05, 3.63) is 28.5 Å². The topological polar surface area (TPSA) is 30.0 Å². The molecule has 60 valence electrons. The van der Waals surface area contributed by atoms with Crippen LogP contribution in [0.4, 0.5) is 0 Å². The second kappa shape index (κ2) is 3.89. The number of rotatable bonds is 0. The van der Waals surface area contributed by atoms with Gasteiger partial charge in [0.1, 0.15) is 5.15 Å². The van der Waals surface area contributed by atoms with Crippen LogP contribution in [0.1, 0.15) is 11.1 Å². The molecule has 1 aromatic rings. The molecule has 0 unspecified atom stereocenters. The highest BCUT2D eigenvalue weighted by atomic mass is 35.5. The van der Waals surface area contributed by atoms with E-state index in [-0.39, 0.29) is 0 Å². The Morgan fingerprint density at radius 3 is 3.00 bits per heavy atom. The van der Waals surface area contributed by atoms with Crippen LogP contribution in [0.15, 0.2) is 12.3 Å². The summed E-state index contributed by atoms with van der Waals surface area (Å²) in [5.41, 5.74) is 1.65. The Morgan fingerprint density at radius 1 is 1.67 bits per heavy atom. The van der Waals surface area contributed by atoms with Crippen molar-refractivity contribution in [2.24, 2.45) is 0 Å². The van der Waals surface area contributed by atoms with Crippen molar-refractivity contribution in [1.82, 2.24) is 4.98 Å². The minimum Gasteiger partial charge on any atom is -0.289 e. The first-order chi connectivity index (χ1) is 5.74. The lowest BCUT2D eigenvalue weighted by molar-refractivity contribution is -0.103. The zero-order valence-corrected chi connectivity index (χ0v) is 7.22. The predicted octanol–water partition coefficient (Wildman–Crippen LogP) is 1.59. The number of aryl methyl sites for hydroxylation is 1. The second-order valence-electron chi connectivity index (χ2n) is 2.21. The van der Waals surface area contributed by atoms with Gasteiger partial charge in [-0.15, -0.1) is 0 Å². The Hall–Kier alpha value is -1.33. The summed E-state index contributed by atoms with van der Waals surface area (Å²) in [6.45, 7) is 1.86. The smallest absolute Gasteiger partial charge is 0.193 e. The van der Waals surface area contributed by atoms with Crippen LogP contribution in [-0.2, 0) is 4.79 Å². The number of aromatic nitrogens is 1. The maximum atomic E-state index is 9.94. The fraction of sp³-hybridized carbons (Fsp3) is 0.111. The molecular weight excluding hydrogens is 174 g/mol. The highest BCUT2D eigenvalue weighted by Gasteiger charge is 1.95. The molecule has 0 aromatic carbocycles. The van der Waals surface area contributed by atoms with E-state index >= 15 is 0 Å². The second-order valence-corrected chi connectivity index (χ2v) is 2.60. The minimum absolute atomic E-state index is 0.434. The van der Waals surface area contributed by atoms with Gasteiger partial charge in [0, 0.05) is 11.8 Å². The summed E-state index contributed by atoms with van der Waals surface area (Å²) in [6, 6.07) is 1.70. The summed E-state index contributed by atoms with van der Waals surface area (Å²) >= 11 is 5.62. The summed E-state index contributed by atoms with van der Waals surface area (Å²) in [7, 11) is 0. The van der Waals surface area contributed by atoms with Crippen LogP contribution in [0.25, 0.3) is 0 Å². The molecule has 0 N–H and O–H groups in total. The van der Waals surface area contributed by atoms with Gasteiger partial charge < -0.3 is 0 Å². The van der Waals surface area contributed by atoms with Gasteiger partial charge >= 0.3 is 0 Å². The molecule has 3 heteroatoms. The molecule has 2 nitrogen and oxygen atoms in total. The molecule has 0 spiro atoms. The zero-order chi connectivity index (χ0) is 8.97. The first-order valence-corrected chi connectivity index (χ1v) is 3.69. The Morgan fingerprint density at radius 2 is 2.42 bits per heavy atom. The van der Waals surface area contributed by atoms with Crippen LogP contribution in [0.3, 0.4) is 0 Å². The van der Waals surface area contributed by atoms with Gasteiger partial charge in [-0.25, -0.2) is 4.98 Å². The molecule has 0 amide bonds. The van der Waals surface area contributed by atoms with Crippen LogP contribution in [0.5, 0.6) is 0 Å². The number of aldehydes is 1. The van der Waals surface area contributed by atoms with E-state index in [2.05, 4.69) is 16.8 Å². The monoisotopic (exact) mass is 179 g/mol. The molecule has 0 fully saturated rings. The number of pyridine rings is 1. The summed E-state index contributed by atoms with van der Waals surface area (Å²) in [6.07, 6.45) is 2.10. The molecule has 12 heavy (non-hydrogen) atoms. The van der Waals surface area contributed by atoms with Crippen molar-refractivity contribution >= 4 is 17.9 Å². The molecular formula is C9H6ClNO. The van der Waals surface area contributed by atoms with Gasteiger partial charge in [-0.05, 0) is 24.5 Å². The molecule has 0 saturated heterocycles. The molecule has 0 bridgehead atoms. The number of nitrogens with zero attached hydrogens (tertiary/aromatic N) is 1. The van der Waals surface area contributed by atoms with Crippen molar-refractivity contribution in [1.29, 1.82) is 0 Å². The molecule has 0 aliphatic heterocycles. The number of hydrogen-bond acceptors (Lipinski definition) is 2. The molecule has 0 radical (unpaired) electrons. The molecule has 0 aliphatic rings. The number of hydrogen-bond donors (Lipinski definition) is 0. The lowest BCUT2D eigenvalue weighted by Crippen LogP contribution is -1.84. The van der Waals surface area contributed by atoms with E-state index in [0.717, 1.165) is 11.1 Å². The fourth-order valence-electron chi connectivity index (χ4n) is 0.760. The van der Waals surface area contributed by atoms with Gasteiger partial charge in [0.2, 0.25) is 0 Å². The Balaban J connectivity index is 3.09. The third kappa shape index (κ3) is 2.08. The first kappa shape index (κ1) is 8.76. The van der Waals surface area contributed by atoms with E-state index in [1.807, 2.05) is 6.92 Å². The summed E-state index contributed by atoms with van der Waals surface area (Å²) in [5.74, 6) is 4.96. The van der Waals surface area contributed by atoms with Crippen LogP contribution < -0.4 is 0 Å². The molecule has 0 atom stereocenters. The standard InChI is InChI=1S/C9H6ClNO/c1-7-5-9(10)11-6-8(7)3-2-4-12/h4-6H,1H3. The molecule has 0 saturated carbocycles. The lowest BCUT2D eigenvalue weighted by atomic mass is 10.2. The third-order valence-electron chi connectivity index (χ3n) is 1.34. The maximum absolute atomic E-state index is 9.94. The predicted molar refractivity (Wildman–Crippen MR) is 46.9 cm³/mol. The Labute approximate surface area is 75.6 Å². The number of carbonyl (C=O) groups is 1. The molecule has 1 aromatic heterocycles. The number of carbonyl (C=O) groups excluding carboxylic acids is 1. The van der Waals surface area contributed by atoms with Crippen LogP contribution >= 0.6 is 11.6 Å². The van der Waals surface area contributed by atoms with Gasteiger partial charge in [-0.3, -0.25) is 4.79 Å². The number of halogens is 1. The Kier molecular flexibility index (Phi) is 2.84. The molecule has 1 rings (SSSR count). The van der Waals surface area contributed by atoms with Crippen molar-refractivity contribution in [3.8, 4) is 11.8 Å². The van der Waals surface area contributed by atoms with E-state index in [1.54, 1.807) is 12.3 Å². The Bertz CT molecular complexity index is 363. The van der Waals surface area contributed by atoms with E-state index in [0.29, 0.717) is 11.4 Å². The highest BCUT2D eigenvalue weighted by Crippen LogP contribution is 2.10. The van der Waals surface area contributed by atoms with Gasteiger partial charge in [0.25, 0.3) is 0 Å². The quantitative estimate of drug-likeness (QED) is 0.344. The van der Waals surface area contributed by atoms with Crippen LogP contribution in [-0.4, -0.2) is 11.3 Å². The van der Waals surface area contributed by atoms with Gasteiger partial charge in [-0.2, -0.15) is 0 Å². The van der Waals surface area contributed by atoms with Crippen molar-refractivity contribution in [3.63, 3.8) is 0 Å². The van der Waals surface area contributed by atoms with E-state index in [4.69, 9.17) is 11.6 Å². The third-order valence-corrected chi connectivity index (χ3v) is 1.55. The normalized spacial score (nSPS) is 8.50. The SMILES string of the molecule is Cc1cc(Cl)ncc1C#CC=O. The largest absolute Gasteiger partial charge is 0.289 e. The minimum atomic E-state index is 0.434. The van der Waals surface area contributed by atoms with Gasteiger partial charge in [0.05, 0.1) is 0 Å². The maximum Gasteiger partial charge on any atom is 0.193 e. The average Bonchev–Trinajstić information content (AvgIpc) is 2.03. The van der Waals surface area contributed by atoms with Gasteiger partial charge in [-0.1, -0.05) is 17.5 Å². The van der Waals surface area contributed by atoms with E-state index in [9.17, 15) is 4.79 Å². The highest BCUT2D eigenvalue weighted by molar-refractivity contribution is 6.29. The summed E-state index contributed by atoms with van der Waals surface area (Å²) in [5, 5.41) is 0.434. The molecule has 0 aliphatic carbocycles. The lowest BCUT2D eigenvalue weighted by Gasteiger charge is -1.95. The van der Waals surface area contributed by atoms with Crippen molar-refractivity contribution in [2.75, 3.05) is 0 Å². The van der Waals surface area contributed by atoms with Crippen LogP contribution in [0.2, 0.25) is 5.15 Å². The van der Waals surface area contributed by atoms with Crippen LogP contribution in [0, 0.1) is 18.8 Å². The van der Waals surface area contributed by atoms with Crippen molar-refractivity contribution < 1.29 is 4.79 Å². The fourth-order valence-corrected chi connectivity index (χ4v) is 0.972. The van der Waals surface area contributed by atoms with Crippen molar-refractivity contribution in [2.45, 2.75) is 6.92 Å². The van der Waals surface area contributed by atoms with E-state index < -0.39 is 0 Å².